The van der Waals surface area contributed by atoms with Gasteiger partial charge in [-0.15, -0.1) is 0 Å². The number of aromatic nitrogens is 3. The fourth-order valence-corrected chi connectivity index (χ4v) is 7.12. The number of amides is 2. The molecule has 2 aromatic heterocycles. The van der Waals surface area contributed by atoms with Gasteiger partial charge in [-0.3, -0.25) is 9.59 Å². The molecule has 278 valence electrons. The average Bonchev–Trinajstić information content (AvgIpc) is 3.74. The van der Waals surface area contributed by atoms with Crippen LogP contribution < -0.4 is 10.6 Å². The normalized spacial score (nSPS) is 24.8. The van der Waals surface area contributed by atoms with Gasteiger partial charge in [0, 0.05) is 12.8 Å². The third kappa shape index (κ3) is 8.19. The first kappa shape index (κ1) is 37.1. The monoisotopic (exact) mass is 720 g/mol. The van der Waals surface area contributed by atoms with Crippen molar-refractivity contribution in [1.29, 1.82) is 5.26 Å². The summed E-state index contributed by atoms with van der Waals surface area (Å²) >= 11 is 0. The Hall–Kier alpha value is -4.65. The molecule has 15 heteroatoms. The predicted molar refractivity (Wildman–Crippen MR) is 183 cm³/mol. The van der Waals surface area contributed by atoms with E-state index in [1.807, 2.05) is 0 Å². The number of esters is 1. The van der Waals surface area contributed by atoms with Gasteiger partial charge in [0.25, 0.3) is 0 Å². The number of nitriles is 1. The van der Waals surface area contributed by atoms with Crippen LogP contribution >= 0.6 is 0 Å². The molecule has 2 N–H and O–H groups in total. The van der Waals surface area contributed by atoms with Crippen LogP contribution in [0.5, 0.6) is 0 Å². The number of anilines is 1. The lowest BCUT2D eigenvalue weighted by Crippen LogP contribution is -2.47. The number of alkyl carbamates (subject to hydrolysis) is 1. The molecule has 3 aromatic rings. The van der Waals surface area contributed by atoms with Crippen LogP contribution in [0.2, 0.25) is 0 Å². The molecule has 6 rings (SSSR count). The summed E-state index contributed by atoms with van der Waals surface area (Å²) in [6, 6.07) is 9.97. The van der Waals surface area contributed by atoms with Crippen LogP contribution in [0.25, 0.3) is 5.52 Å². The summed E-state index contributed by atoms with van der Waals surface area (Å²) in [5.74, 6) is -2.07. The maximum atomic E-state index is 13.7. The van der Waals surface area contributed by atoms with E-state index in [1.54, 1.807) is 46.8 Å². The summed E-state index contributed by atoms with van der Waals surface area (Å²) in [5.41, 5.74) is -1.37. The van der Waals surface area contributed by atoms with Gasteiger partial charge in [0.15, 0.2) is 11.6 Å². The number of benzene rings is 1. The van der Waals surface area contributed by atoms with Crippen LogP contribution in [0.1, 0.15) is 84.4 Å². The molecule has 52 heavy (non-hydrogen) atoms. The molecule has 3 aliphatic rings. The first-order valence-corrected chi connectivity index (χ1v) is 17.6. The highest BCUT2D eigenvalue weighted by molar-refractivity contribution is 5.98. The molecule has 0 unspecified atom stereocenters. The Kier molecular flexibility index (Phi) is 10.5. The van der Waals surface area contributed by atoms with Gasteiger partial charge in [-0.05, 0) is 83.2 Å². The highest BCUT2D eigenvalue weighted by Crippen LogP contribution is 2.49. The third-order valence-corrected chi connectivity index (χ3v) is 9.42. The smallest absolute Gasteiger partial charge is 0.408 e. The van der Waals surface area contributed by atoms with Crippen LogP contribution in [0.3, 0.4) is 0 Å². The highest BCUT2D eigenvalue weighted by atomic mass is 19.1. The Labute approximate surface area is 301 Å². The highest BCUT2D eigenvalue weighted by Gasteiger charge is 2.65. The SMILES string of the molecule is CC(C)(C)OC(=O)N[C@@H](Cc1ccc(F)cc1)C(=O)Nc1ncnn2c([C@]3(C#N)O[C@H](COC(=O)CC4CCCCC4)[C@H]4OC(C)(C)O[C@H]43)ccc12. The quantitative estimate of drug-likeness (QED) is 0.267. The first-order chi connectivity index (χ1) is 24.7. The number of hydrogen-bond acceptors (Lipinski definition) is 11. The molecule has 4 heterocycles. The van der Waals surface area contributed by atoms with Gasteiger partial charge in [0.1, 0.15) is 60.3 Å². The van der Waals surface area contributed by atoms with Crippen molar-refractivity contribution in [3.05, 3.63) is 59.8 Å². The van der Waals surface area contributed by atoms with Gasteiger partial charge in [-0.2, -0.15) is 10.4 Å². The number of fused-ring (bicyclic) bond motifs is 2. The summed E-state index contributed by atoms with van der Waals surface area (Å²) in [6.45, 7) is 8.44. The number of rotatable bonds is 10. The molecule has 2 amide bonds. The molecule has 2 aliphatic heterocycles. The van der Waals surface area contributed by atoms with Gasteiger partial charge < -0.3 is 34.3 Å². The van der Waals surface area contributed by atoms with Gasteiger partial charge >= 0.3 is 12.1 Å². The number of carbonyl (C=O) groups is 3. The summed E-state index contributed by atoms with van der Waals surface area (Å²) in [4.78, 5) is 43.6. The summed E-state index contributed by atoms with van der Waals surface area (Å²) < 4.78 is 45.0. The lowest BCUT2D eigenvalue weighted by Gasteiger charge is -2.29. The second-order valence-electron chi connectivity index (χ2n) is 15.1. The van der Waals surface area contributed by atoms with Crippen LogP contribution in [-0.4, -0.2) is 74.9 Å². The van der Waals surface area contributed by atoms with E-state index in [1.165, 1.54) is 41.5 Å². The van der Waals surface area contributed by atoms with Crippen LogP contribution in [0.4, 0.5) is 15.0 Å². The number of hydrogen-bond donors (Lipinski definition) is 2. The molecule has 14 nitrogen and oxygen atoms in total. The molecule has 1 saturated carbocycles. The summed E-state index contributed by atoms with van der Waals surface area (Å²) in [6.07, 6.45) is 3.68. The summed E-state index contributed by atoms with van der Waals surface area (Å²) in [5, 5.41) is 20.5. The maximum Gasteiger partial charge on any atom is 0.408 e. The van der Waals surface area contributed by atoms with Gasteiger partial charge in [0.05, 0.1) is 5.69 Å². The Morgan fingerprint density at radius 2 is 1.81 bits per heavy atom. The van der Waals surface area contributed by atoms with E-state index in [2.05, 4.69) is 26.8 Å². The topological polar surface area (TPSA) is 175 Å². The first-order valence-electron chi connectivity index (χ1n) is 17.6. The van der Waals surface area contributed by atoms with Crippen LogP contribution in [-0.2, 0) is 45.3 Å². The molecule has 0 radical (unpaired) electrons. The Bertz CT molecular complexity index is 1830. The van der Waals surface area contributed by atoms with Gasteiger partial charge in [-0.25, -0.2) is 18.7 Å². The standard InChI is InChI=1S/C37H45FN6O8/c1-35(2,3)52-34(47)42-25(17-23-11-13-24(38)14-12-23)33(46)43-32-26-15-16-28(44(26)41-21-40-32)37(20-39)31-30(50-36(4,5)51-31)27(49-37)19-48-29(45)18-22-9-7-6-8-10-22/h11-16,21-22,25,27,30-31H,6-10,17-19H2,1-5H3,(H,42,47)(H,40,41,43,46)/t25-,27+,30+,31+,37-/m0/s1. The van der Waals surface area contributed by atoms with E-state index in [4.69, 9.17) is 23.7 Å². The minimum absolute atomic E-state index is 0.0210. The molecule has 2 saturated heterocycles. The van der Waals surface area contributed by atoms with Crippen molar-refractivity contribution in [3.63, 3.8) is 0 Å². The Morgan fingerprint density at radius 1 is 1.08 bits per heavy atom. The van der Waals surface area contributed by atoms with Crippen molar-refractivity contribution in [3.8, 4) is 6.07 Å². The number of halogens is 1. The van der Waals surface area contributed by atoms with Crippen LogP contribution in [0, 0.1) is 23.1 Å². The van der Waals surface area contributed by atoms with Crippen molar-refractivity contribution < 1.29 is 42.5 Å². The Morgan fingerprint density at radius 3 is 2.50 bits per heavy atom. The molecule has 5 atom stereocenters. The lowest BCUT2D eigenvalue weighted by molar-refractivity contribution is -0.207. The number of nitrogens with one attached hydrogen (secondary N) is 2. The van der Waals surface area contributed by atoms with E-state index in [9.17, 15) is 24.0 Å². The van der Waals surface area contributed by atoms with E-state index in [0.717, 1.165) is 25.7 Å². The zero-order chi connectivity index (χ0) is 37.3. The molecular weight excluding hydrogens is 675 g/mol. The molecule has 0 spiro atoms. The van der Waals surface area contributed by atoms with Gasteiger partial charge in [0.2, 0.25) is 11.5 Å². The molecule has 0 bridgehead atoms. The van der Waals surface area contributed by atoms with E-state index in [0.29, 0.717) is 23.4 Å². The van der Waals surface area contributed by atoms with Gasteiger partial charge in [-0.1, -0.05) is 31.4 Å². The summed E-state index contributed by atoms with van der Waals surface area (Å²) in [7, 11) is 0. The lowest BCUT2D eigenvalue weighted by atomic mass is 9.87. The molecule has 3 fully saturated rings. The second-order valence-corrected chi connectivity index (χ2v) is 15.1. The minimum atomic E-state index is -1.75. The maximum absolute atomic E-state index is 13.7. The van der Waals surface area contributed by atoms with Crippen LogP contribution in [0.15, 0.2) is 42.7 Å². The minimum Gasteiger partial charge on any atom is -0.463 e. The molecule has 1 aliphatic carbocycles. The van der Waals surface area contributed by atoms with E-state index >= 15 is 0 Å². The second kappa shape index (κ2) is 14.8. The largest absolute Gasteiger partial charge is 0.463 e. The average molecular weight is 721 g/mol. The van der Waals surface area contributed by atoms with Crippen molar-refractivity contribution in [2.24, 2.45) is 5.92 Å². The molecular formula is C37H45FN6O8. The zero-order valence-electron chi connectivity index (χ0n) is 30.0. The van der Waals surface area contributed by atoms with E-state index < -0.39 is 59.2 Å². The number of nitrogens with zero attached hydrogens (tertiary/aromatic N) is 4. The van der Waals surface area contributed by atoms with Crippen molar-refractivity contribution >= 4 is 29.3 Å². The fraction of sp³-hybridized carbons (Fsp3) is 0.568. The predicted octanol–water partition coefficient (Wildman–Crippen LogP) is 5.09. The molecule has 1 aromatic carbocycles. The van der Waals surface area contributed by atoms with Crippen molar-refractivity contribution in [2.45, 2.75) is 121 Å². The van der Waals surface area contributed by atoms with E-state index in [-0.39, 0.29) is 30.5 Å². The number of carbonyl (C=O) groups excluding carboxylic acids is 3. The fourth-order valence-electron chi connectivity index (χ4n) is 7.12. The zero-order valence-corrected chi connectivity index (χ0v) is 30.0. The Balaban J connectivity index is 1.24. The van der Waals surface area contributed by atoms with Crippen molar-refractivity contribution in [2.75, 3.05) is 11.9 Å². The number of ether oxygens (including phenoxy) is 5. The third-order valence-electron chi connectivity index (χ3n) is 9.42. The van der Waals surface area contributed by atoms with Crippen molar-refractivity contribution in [1.82, 2.24) is 19.9 Å².